The number of hydrogen-bond acceptors (Lipinski definition) is 4. The quantitative estimate of drug-likeness (QED) is 0.795. The van der Waals surface area contributed by atoms with Crippen LogP contribution in [0.3, 0.4) is 0 Å². The average molecular weight is 367 g/mol. The summed E-state index contributed by atoms with van der Waals surface area (Å²) in [6.07, 6.45) is -2.24. The molecule has 138 valence electrons. The molecule has 2 aromatic carbocycles. The molecule has 0 bridgehead atoms. The maximum absolute atomic E-state index is 13.1. The zero-order chi connectivity index (χ0) is 19.3. The van der Waals surface area contributed by atoms with Crippen LogP contribution in [0.1, 0.15) is 13.8 Å². The summed E-state index contributed by atoms with van der Waals surface area (Å²) in [6.45, 7) is 2.73. The number of amides is 1. The van der Waals surface area contributed by atoms with Crippen LogP contribution in [0.2, 0.25) is 0 Å². The molecule has 2 atom stereocenters. The van der Waals surface area contributed by atoms with Crippen LogP contribution in [-0.4, -0.2) is 24.1 Å². The molecule has 0 aliphatic carbocycles. The van der Waals surface area contributed by atoms with Crippen LogP contribution in [0, 0.1) is 17.5 Å². The minimum atomic E-state index is -1.20. The summed E-state index contributed by atoms with van der Waals surface area (Å²) in [7, 11) is 0. The van der Waals surface area contributed by atoms with E-state index in [0.717, 1.165) is 12.1 Å². The Morgan fingerprint density at radius 1 is 0.923 bits per heavy atom. The maximum Gasteiger partial charge on any atom is 0.347 e. The fraction of sp³-hybridized carbons (Fsp3) is 0.222. The molecule has 1 N–H and O–H groups in total. The summed E-state index contributed by atoms with van der Waals surface area (Å²) in [6, 6.07) is 7.88. The number of halogens is 3. The zero-order valence-electron chi connectivity index (χ0n) is 14.0. The Hall–Kier alpha value is -3.03. The molecule has 0 heterocycles. The Morgan fingerprint density at radius 2 is 1.58 bits per heavy atom. The highest BCUT2D eigenvalue weighted by atomic mass is 19.2. The fourth-order valence-electron chi connectivity index (χ4n) is 1.91. The first-order valence-corrected chi connectivity index (χ1v) is 7.65. The van der Waals surface area contributed by atoms with Gasteiger partial charge < -0.3 is 14.8 Å². The van der Waals surface area contributed by atoms with E-state index in [9.17, 15) is 22.8 Å². The number of carbonyl (C=O) groups excluding carboxylic acids is 2. The molecule has 8 heteroatoms. The summed E-state index contributed by atoms with van der Waals surface area (Å²) < 4.78 is 49.1. The Kier molecular flexibility index (Phi) is 6.21. The molecule has 0 aliphatic rings. The predicted molar refractivity (Wildman–Crippen MR) is 87.0 cm³/mol. The van der Waals surface area contributed by atoms with Crippen LogP contribution >= 0.6 is 0 Å². The van der Waals surface area contributed by atoms with E-state index in [0.29, 0.717) is 0 Å². The molecule has 0 radical (unpaired) electrons. The molecular formula is C18H16F3NO4. The van der Waals surface area contributed by atoms with Gasteiger partial charge in [0.1, 0.15) is 11.6 Å². The second-order valence-corrected chi connectivity index (χ2v) is 5.41. The van der Waals surface area contributed by atoms with Crippen molar-refractivity contribution < 1.29 is 32.2 Å². The number of ether oxygens (including phenoxy) is 2. The monoisotopic (exact) mass is 367 g/mol. The number of rotatable bonds is 6. The van der Waals surface area contributed by atoms with E-state index >= 15 is 0 Å². The molecule has 0 fully saturated rings. The number of nitrogens with one attached hydrogen (secondary N) is 1. The van der Waals surface area contributed by atoms with Gasteiger partial charge in [-0.05, 0) is 50.2 Å². The van der Waals surface area contributed by atoms with E-state index in [1.807, 2.05) is 0 Å². The van der Waals surface area contributed by atoms with Gasteiger partial charge in [-0.1, -0.05) is 0 Å². The molecule has 0 saturated heterocycles. The third-order valence-electron chi connectivity index (χ3n) is 3.31. The lowest BCUT2D eigenvalue weighted by atomic mass is 10.2. The minimum Gasteiger partial charge on any atom is -0.479 e. The van der Waals surface area contributed by atoms with E-state index < -0.39 is 41.5 Å². The van der Waals surface area contributed by atoms with Gasteiger partial charge >= 0.3 is 5.97 Å². The average Bonchev–Trinajstić information content (AvgIpc) is 2.60. The van der Waals surface area contributed by atoms with Crippen LogP contribution in [0.15, 0.2) is 42.5 Å². The molecule has 5 nitrogen and oxygen atoms in total. The van der Waals surface area contributed by atoms with E-state index in [1.165, 1.54) is 44.2 Å². The van der Waals surface area contributed by atoms with Gasteiger partial charge in [-0.25, -0.2) is 18.0 Å². The highest BCUT2D eigenvalue weighted by molar-refractivity contribution is 5.95. The zero-order valence-corrected chi connectivity index (χ0v) is 14.0. The third kappa shape index (κ3) is 5.23. The second kappa shape index (κ2) is 8.37. The lowest BCUT2D eigenvalue weighted by molar-refractivity contribution is -0.159. The van der Waals surface area contributed by atoms with Gasteiger partial charge in [-0.2, -0.15) is 0 Å². The van der Waals surface area contributed by atoms with Crippen molar-refractivity contribution >= 4 is 17.6 Å². The summed E-state index contributed by atoms with van der Waals surface area (Å²) in [5.41, 5.74) is 0.0207. The number of carbonyl (C=O) groups is 2. The van der Waals surface area contributed by atoms with Crippen molar-refractivity contribution in [2.24, 2.45) is 0 Å². The third-order valence-corrected chi connectivity index (χ3v) is 3.31. The molecule has 0 unspecified atom stereocenters. The number of benzene rings is 2. The molecule has 0 saturated carbocycles. The lowest BCUT2D eigenvalue weighted by Crippen LogP contribution is -2.35. The first kappa shape index (κ1) is 19.3. The van der Waals surface area contributed by atoms with Crippen LogP contribution in [0.4, 0.5) is 18.9 Å². The minimum absolute atomic E-state index is 0.0207. The molecule has 0 aliphatic heterocycles. The van der Waals surface area contributed by atoms with Gasteiger partial charge in [-0.3, -0.25) is 4.79 Å². The Morgan fingerprint density at radius 3 is 2.19 bits per heavy atom. The number of hydrogen-bond donors (Lipinski definition) is 1. The smallest absolute Gasteiger partial charge is 0.347 e. The van der Waals surface area contributed by atoms with E-state index in [2.05, 4.69) is 5.32 Å². The molecule has 2 rings (SSSR count). The first-order valence-electron chi connectivity index (χ1n) is 7.65. The van der Waals surface area contributed by atoms with Crippen LogP contribution < -0.4 is 10.1 Å². The van der Waals surface area contributed by atoms with E-state index in [1.54, 1.807) is 0 Å². The van der Waals surface area contributed by atoms with Gasteiger partial charge in [0.25, 0.3) is 5.91 Å². The molecular weight excluding hydrogens is 351 g/mol. The SMILES string of the molecule is C[C@H](Oc1ccc(F)cc1)C(=O)O[C@H](C)C(=O)Nc1ccc(F)c(F)c1. The van der Waals surface area contributed by atoms with Gasteiger partial charge in [0, 0.05) is 11.8 Å². The predicted octanol–water partition coefficient (Wildman–Crippen LogP) is 3.44. The standard InChI is InChI=1S/C18H16F3NO4/c1-10(17(23)22-13-5-8-15(20)16(21)9-13)26-18(24)11(2)25-14-6-3-12(19)4-7-14/h3-11H,1-2H3,(H,22,23)/t10-,11+/m1/s1. The van der Waals surface area contributed by atoms with Crippen molar-refractivity contribution in [3.05, 3.63) is 59.9 Å². The second-order valence-electron chi connectivity index (χ2n) is 5.41. The summed E-state index contributed by atoms with van der Waals surface area (Å²) in [5.74, 6) is -3.89. The lowest BCUT2D eigenvalue weighted by Gasteiger charge is -2.18. The molecule has 0 spiro atoms. The van der Waals surface area contributed by atoms with Gasteiger partial charge in [0.15, 0.2) is 23.8 Å². The van der Waals surface area contributed by atoms with Crippen molar-refractivity contribution in [1.82, 2.24) is 0 Å². The summed E-state index contributed by atoms with van der Waals surface area (Å²) in [4.78, 5) is 23.9. The van der Waals surface area contributed by atoms with Crippen molar-refractivity contribution in [3.63, 3.8) is 0 Å². The van der Waals surface area contributed by atoms with Crippen molar-refractivity contribution in [2.75, 3.05) is 5.32 Å². The molecule has 0 aromatic heterocycles. The number of anilines is 1. The highest BCUT2D eigenvalue weighted by Gasteiger charge is 2.23. The number of esters is 1. The summed E-state index contributed by atoms with van der Waals surface area (Å²) in [5, 5.41) is 2.30. The molecule has 2 aromatic rings. The van der Waals surface area contributed by atoms with Crippen molar-refractivity contribution in [3.8, 4) is 5.75 Å². The topological polar surface area (TPSA) is 64.6 Å². The Balaban J connectivity index is 1.89. The van der Waals surface area contributed by atoms with E-state index in [4.69, 9.17) is 9.47 Å². The molecule has 26 heavy (non-hydrogen) atoms. The fourth-order valence-corrected chi connectivity index (χ4v) is 1.91. The van der Waals surface area contributed by atoms with Gasteiger partial charge in [0.05, 0.1) is 0 Å². The first-order chi connectivity index (χ1) is 12.3. The van der Waals surface area contributed by atoms with Crippen LogP contribution in [0.5, 0.6) is 5.75 Å². The normalized spacial score (nSPS) is 12.8. The van der Waals surface area contributed by atoms with Crippen molar-refractivity contribution in [2.45, 2.75) is 26.1 Å². The summed E-state index contributed by atoms with van der Waals surface area (Å²) >= 11 is 0. The highest BCUT2D eigenvalue weighted by Crippen LogP contribution is 2.15. The van der Waals surface area contributed by atoms with E-state index in [-0.39, 0.29) is 11.4 Å². The van der Waals surface area contributed by atoms with Crippen LogP contribution in [0.25, 0.3) is 0 Å². The van der Waals surface area contributed by atoms with Gasteiger partial charge in [0.2, 0.25) is 0 Å². The Bertz CT molecular complexity index is 796. The van der Waals surface area contributed by atoms with Crippen LogP contribution in [-0.2, 0) is 14.3 Å². The Labute approximate surface area is 147 Å². The van der Waals surface area contributed by atoms with Crippen molar-refractivity contribution in [1.29, 1.82) is 0 Å². The maximum atomic E-state index is 13.1. The molecule has 1 amide bonds. The largest absolute Gasteiger partial charge is 0.479 e. The van der Waals surface area contributed by atoms with Gasteiger partial charge in [-0.15, -0.1) is 0 Å².